The predicted octanol–water partition coefficient (Wildman–Crippen LogP) is -0.675. The number of nitrogens with one attached hydrogen (secondary N) is 1. The average molecular weight is 253 g/mol. The zero-order valence-electron chi connectivity index (χ0n) is 10.8. The van der Waals surface area contributed by atoms with Gasteiger partial charge >= 0.3 is 0 Å². The third-order valence-electron chi connectivity index (χ3n) is 2.98. The number of rotatable bonds is 4. The summed E-state index contributed by atoms with van der Waals surface area (Å²) in [5.41, 5.74) is 0. The number of morpholine rings is 1. The summed E-state index contributed by atoms with van der Waals surface area (Å²) in [6.07, 6.45) is 1.62. The van der Waals surface area contributed by atoms with Crippen molar-refractivity contribution >= 4 is 5.91 Å². The number of hydrogen-bond donors (Lipinski definition) is 1. The molecule has 1 aromatic heterocycles. The Bertz CT molecular complexity index is 400. The second-order valence-corrected chi connectivity index (χ2v) is 4.48. The molecule has 1 amide bonds. The lowest BCUT2D eigenvalue weighted by atomic mass is 10.3. The highest BCUT2D eigenvalue weighted by molar-refractivity contribution is 5.78. The first-order chi connectivity index (χ1) is 8.66. The largest absolute Gasteiger partial charge is 0.379 e. The highest BCUT2D eigenvalue weighted by Crippen LogP contribution is 2.07. The molecule has 1 aromatic rings. The molecule has 1 aliphatic heterocycles. The summed E-state index contributed by atoms with van der Waals surface area (Å²) in [6.45, 7) is 5.34. The Hall–Kier alpha value is -1.47. The number of aryl methyl sites for hydroxylation is 1. The summed E-state index contributed by atoms with van der Waals surface area (Å²) in [4.78, 5) is 14.0. The van der Waals surface area contributed by atoms with Gasteiger partial charge in [0.05, 0.1) is 25.8 Å². The molecule has 7 heteroatoms. The minimum absolute atomic E-state index is 0.00685. The van der Waals surface area contributed by atoms with E-state index in [4.69, 9.17) is 4.74 Å². The molecule has 100 valence electrons. The summed E-state index contributed by atoms with van der Waals surface area (Å²) in [5, 5.41) is 10.7. The lowest BCUT2D eigenvalue weighted by Crippen LogP contribution is -2.43. The van der Waals surface area contributed by atoms with Crippen LogP contribution in [0.4, 0.5) is 0 Å². The smallest absolute Gasteiger partial charge is 0.234 e. The van der Waals surface area contributed by atoms with Gasteiger partial charge in [0.25, 0.3) is 0 Å². The van der Waals surface area contributed by atoms with Crippen molar-refractivity contribution in [1.29, 1.82) is 0 Å². The third kappa shape index (κ3) is 3.27. The molecule has 0 radical (unpaired) electrons. The van der Waals surface area contributed by atoms with Crippen LogP contribution in [-0.4, -0.2) is 58.4 Å². The van der Waals surface area contributed by atoms with Gasteiger partial charge < -0.3 is 14.6 Å². The fourth-order valence-electron chi connectivity index (χ4n) is 2.00. The van der Waals surface area contributed by atoms with Crippen LogP contribution in [0, 0.1) is 0 Å². The van der Waals surface area contributed by atoms with Crippen molar-refractivity contribution in [3.8, 4) is 0 Å². The molecule has 18 heavy (non-hydrogen) atoms. The number of carbonyl (C=O) groups excluding carboxylic acids is 1. The van der Waals surface area contributed by atoms with Crippen molar-refractivity contribution in [3.05, 3.63) is 12.2 Å². The molecule has 1 atom stereocenters. The van der Waals surface area contributed by atoms with E-state index in [9.17, 15) is 4.79 Å². The van der Waals surface area contributed by atoms with Crippen LogP contribution in [0.3, 0.4) is 0 Å². The molecule has 0 unspecified atom stereocenters. The minimum Gasteiger partial charge on any atom is -0.379 e. The van der Waals surface area contributed by atoms with Gasteiger partial charge in [-0.2, -0.15) is 0 Å². The Morgan fingerprint density at radius 3 is 2.89 bits per heavy atom. The van der Waals surface area contributed by atoms with Gasteiger partial charge in [0, 0.05) is 20.1 Å². The van der Waals surface area contributed by atoms with Crippen LogP contribution in [0.15, 0.2) is 6.33 Å². The second-order valence-electron chi connectivity index (χ2n) is 4.48. The van der Waals surface area contributed by atoms with E-state index in [2.05, 4.69) is 20.4 Å². The molecular weight excluding hydrogens is 234 g/mol. The highest BCUT2D eigenvalue weighted by atomic mass is 16.5. The summed E-state index contributed by atoms with van der Waals surface area (Å²) in [6, 6.07) is -0.133. The van der Waals surface area contributed by atoms with Crippen LogP contribution in [0.1, 0.15) is 18.8 Å². The molecular formula is C11H19N5O2. The summed E-state index contributed by atoms with van der Waals surface area (Å²) in [5.74, 6) is 0.762. The molecule has 1 saturated heterocycles. The van der Waals surface area contributed by atoms with Gasteiger partial charge in [-0.25, -0.2) is 0 Å². The Morgan fingerprint density at radius 2 is 2.28 bits per heavy atom. The van der Waals surface area contributed by atoms with E-state index in [-0.39, 0.29) is 11.9 Å². The third-order valence-corrected chi connectivity index (χ3v) is 2.98. The number of amides is 1. The topological polar surface area (TPSA) is 72.3 Å². The molecule has 2 heterocycles. The van der Waals surface area contributed by atoms with E-state index in [1.54, 1.807) is 10.9 Å². The van der Waals surface area contributed by atoms with E-state index in [0.29, 0.717) is 19.8 Å². The first kappa shape index (κ1) is 13.0. The number of hydrogen-bond acceptors (Lipinski definition) is 5. The van der Waals surface area contributed by atoms with Crippen molar-refractivity contribution in [3.63, 3.8) is 0 Å². The molecule has 1 aliphatic rings. The average Bonchev–Trinajstić information content (AvgIpc) is 2.76. The molecule has 1 fully saturated rings. The number of ether oxygens (including phenoxy) is 1. The van der Waals surface area contributed by atoms with Crippen LogP contribution in [0.25, 0.3) is 0 Å². The Labute approximate surface area is 106 Å². The fraction of sp³-hybridized carbons (Fsp3) is 0.727. The van der Waals surface area contributed by atoms with Crippen molar-refractivity contribution in [2.45, 2.75) is 13.0 Å². The van der Waals surface area contributed by atoms with E-state index < -0.39 is 0 Å². The van der Waals surface area contributed by atoms with Crippen LogP contribution < -0.4 is 5.32 Å². The van der Waals surface area contributed by atoms with Crippen molar-refractivity contribution in [2.75, 3.05) is 32.8 Å². The minimum atomic E-state index is -0.133. The van der Waals surface area contributed by atoms with E-state index >= 15 is 0 Å². The van der Waals surface area contributed by atoms with Crippen LogP contribution in [0.5, 0.6) is 0 Å². The maximum absolute atomic E-state index is 11.9. The van der Waals surface area contributed by atoms with Gasteiger partial charge in [-0.1, -0.05) is 0 Å². The number of nitrogens with zero attached hydrogens (tertiary/aromatic N) is 4. The maximum Gasteiger partial charge on any atom is 0.234 e. The predicted molar refractivity (Wildman–Crippen MR) is 64.8 cm³/mol. The summed E-state index contributed by atoms with van der Waals surface area (Å²) < 4.78 is 7.05. The maximum atomic E-state index is 11.9. The molecule has 0 aliphatic carbocycles. The van der Waals surface area contributed by atoms with Crippen molar-refractivity contribution in [2.24, 2.45) is 7.05 Å². The van der Waals surface area contributed by atoms with E-state index in [1.807, 2.05) is 14.0 Å². The standard InChI is InChI=1S/C11H19N5O2/c1-9(11-14-12-8-15(11)2)13-10(17)7-16-3-5-18-6-4-16/h8-9H,3-7H2,1-2H3,(H,13,17)/t9-/m1/s1. The van der Waals surface area contributed by atoms with Gasteiger partial charge in [-0.3, -0.25) is 9.69 Å². The SMILES string of the molecule is C[C@@H](NC(=O)CN1CCOCC1)c1nncn1C. The van der Waals surface area contributed by atoms with E-state index in [1.165, 1.54) is 0 Å². The molecule has 1 N–H and O–H groups in total. The van der Waals surface area contributed by atoms with Gasteiger partial charge in [0.1, 0.15) is 6.33 Å². The molecule has 2 rings (SSSR count). The molecule has 0 spiro atoms. The van der Waals surface area contributed by atoms with E-state index in [0.717, 1.165) is 18.9 Å². The summed E-state index contributed by atoms with van der Waals surface area (Å²) >= 11 is 0. The zero-order valence-corrected chi connectivity index (χ0v) is 10.8. The summed E-state index contributed by atoms with van der Waals surface area (Å²) in [7, 11) is 1.86. The number of carbonyl (C=O) groups is 1. The van der Waals surface area contributed by atoms with Crippen LogP contribution >= 0.6 is 0 Å². The fourth-order valence-corrected chi connectivity index (χ4v) is 2.00. The van der Waals surface area contributed by atoms with Crippen molar-refractivity contribution in [1.82, 2.24) is 25.0 Å². The molecule has 0 aromatic carbocycles. The normalized spacial score (nSPS) is 18.6. The number of aromatic nitrogens is 3. The van der Waals surface area contributed by atoms with Gasteiger partial charge in [-0.05, 0) is 6.92 Å². The van der Waals surface area contributed by atoms with Crippen LogP contribution in [0.2, 0.25) is 0 Å². The first-order valence-corrected chi connectivity index (χ1v) is 6.10. The lowest BCUT2D eigenvalue weighted by molar-refractivity contribution is -0.123. The molecule has 0 bridgehead atoms. The highest BCUT2D eigenvalue weighted by Gasteiger charge is 2.17. The Kier molecular flexibility index (Phi) is 4.27. The molecule has 0 saturated carbocycles. The lowest BCUT2D eigenvalue weighted by Gasteiger charge is -2.26. The Morgan fingerprint density at radius 1 is 1.56 bits per heavy atom. The van der Waals surface area contributed by atoms with Gasteiger partial charge in [0.15, 0.2) is 5.82 Å². The molecule has 7 nitrogen and oxygen atoms in total. The monoisotopic (exact) mass is 253 g/mol. The van der Waals surface area contributed by atoms with Crippen molar-refractivity contribution < 1.29 is 9.53 Å². The Balaban J connectivity index is 1.81. The van der Waals surface area contributed by atoms with Gasteiger partial charge in [-0.15, -0.1) is 10.2 Å². The van der Waals surface area contributed by atoms with Gasteiger partial charge in [0.2, 0.25) is 5.91 Å². The quantitative estimate of drug-likeness (QED) is 0.770. The zero-order chi connectivity index (χ0) is 13.0. The van der Waals surface area contributed by atoms with Crippen LogP contribution in [-0.2, 0) is 16.6 Å². The second kappa shape index (κ2) is 5.92. The first-order valence-electron chi connectivity index (χ1n) is 6.10.